The van der Waals surface area contributed by atoms with E-state index in [9.17, 15) is 19.5 Å². The minimum atomic E-state index is -0.872. The van der Waals surface area contributed by atoms with Crippen LogP contribution in [0.4, 0.5) is 4.79 Å². The summed E-state index contributed by atoms with van der Waals surface area (Å²) in [5.41, 5.74) is 2.43. The summed E-state index contributed by atoms with van der Waals surface area (Å²) in [6.07, 6.45) is 4.58. The molecule has 2 N–H and O–H groups in total. The molecule has 2 aromatic carbocycles. The Morgan fingerprint density at radius 3 is 2.23 bits per heavy atom. The summed E-state index contributed by atoms with van der Waals surface area (Å²) < 4.78 is 11.7. The van der Waals surface area contributed by atoms with Crippen LogP contribution < -0.4 is 14.8 Å². The molecule has 1 saturated carbocycles. The van der Waals surface area contributed by atoms with Gasteiger partial charge in [-0.2, -0.15) is 0 Å². The van der Waals surface area contributed by atoms with E-state index < -0.39 is 17.9 Å². The van der Waals surface area contributed by atoms with Crippen molar-refractivity contribution in [3.8, 4) is 11.5 Å². The molecule has 212 valence electrons. The number of rotatable bonds is 14. The van der Waals surface area contributed by atoms with Crippen molar-refractivity contribution < 1.29 is 29.0 Å². The predicted molar refractivity (Wildman–Crippen MR) is 151 cm³/mol. The summed E-state index contributed by atoms with van der Waals surface area (Å²) in [6, 6.07) is 12.8. The SMILES string of the molecule is CCOc1cc([C@@H](C)N(CCCCc2ccccc2)C(=O)NC2CCC[C@H]2C(=O)O)cc(OCC)c1C(C)=O. The molecule has 0 aliphatic heterocycles. The number of amides is 2. The molecule has 8 heteroatoms. The van der Waals surface area contributed by atoms with E-state index >= 15 is 0 Å². The van der Waals surface area contributed by atoms with Crippen molar-refractivity contribution in [3.05, 3.63) is 59.2 Å². The molecule has 0 spiro atoms. The second kappa shape index (κ2) is 14.6. The highest BCUT2D eigenvalue weighted by molar-refractivity contribution is 5.99. The van der Waals surface area contributed by atoms with Crippen molar-refractivity contribution in [1.82, 2.24) is 10.2 Å². The number of unbranched alkanes of at least 4 members (excludes halogenated alkanes) is 1. The maximum absolute atomic E-state index is 13.6. The van der Waals surface area contributed by atoms with Gasteiger partial charge in [-0.25, -0.2) is 4.79 Å². The maximum Gasteiger partial charge on any atom is 0.318 e. The van der Waals surface area contributed by atoms with Crippen molar-refractivity contribution in [3.63, 3.8) is 0 Å². The van der Waals surface area contributed by atoms with Crippen molar-refractivity contribution in [1.29, 1.82) is 0 Å². The second-order valence-electron chi connectivity index (χ2n) is 10.1. The van der Waals surface area contributed by atoms with E-state index in [0.29, 0.717) is 49.7 Å². The molecule has 2 aromatic rings. The largest absolute Gasteiger partial charge is 0.493 e. The molecule has 8 nitrogen and oxygen atoms in total. The minimum Gasteiger partial charge on any atom is -0.493 e. The highest BCUT2D eigenvalue weighted by Crippen LogP contribution is 2.36. The number of hydrogen-bond acceptors (Lipinski definition) is 5. The van der Waals surface area contributed by atoms with E-state index in [-0.39, 0.29) is 17.9 Å². The number of aliphatic carboxylic acids is 1. The molecule has 0 aromatic heterocycles. The van der Waals surface area contributed by atoms with Crippen LogP contribution in [0.25, 0.3) is 0 Å². The van der Waals surface area contributed by atoms with Crippen LogP contribution >= 0.6 is 0 Å². The number of nitrogens with zero attached hydrogens (tertiary/aromatic N) is 1. The first-order valence-corrected chi connectivity index (χ1v) is 14.0. The van der Waals surface area contributed by atoms with E-state index in [2.05, 4.69) is 17.4 Å². The number of ketones is 1. The fourth-order valence-corrected chi connectivity index (χ4v) is 5.31. The molecular formula is C31H42N2O6. The van der Waals surface area contributed by atoms with Gasteiger partial charge in [0.15, 0.2) is 5.78 Å². The highest BCUT2D eigenvalue weighted by atomic mass is 16.5. The van der Waals surface area contributed by atoms with Crippen molar-refractivity contribution in [2.24, 2.45) is 5.92 Å². The van der Waals surface area contributed by atoms with E-state index in [1.54, 1.807) is 4.90 Å². The standard InChI is InChI=1S/C31H42N2O6/c1-5-38-27-19-24(20-28(39-6-2)29(27)22(4)34)21(3)33(18-11-10-15-23-13-8-7-9-14-23)31(37)32-26-17-12-16-25(26)30(35)36/h7-9,13-14,19-21,25-26H,5-6,10-12,15-18H2,1-4H3,(H,32,37)(H,35,36)/t21-,25-,26?/m1/s1. The molecule has 2 amide bonds. The molecule has 1 unspecified atom stereocenters. The minimum absolute atomic E-state index is 0.155. The van der Waals surface area contributed by atoms with Crippen LogP contribution in [0.5, 0.6) is 11.5 Å². The van der Waals surface area contributed by atoms with E-state index in [1.807, 2.05) is 51.1 Å². The van der Waals surface area contributed by atoms with Crippen LogP contribution in [-0.2, 0) is 11.2 Å². The number of nitrogens with one attached hydrogen (secondary N) is 1. The summed E-state index contributed by atoms with van der Waals surface area (Å²) in [7, 11) is 0. The quantitative estimate of drug-likeness (QED) is 0.225. The number of aryl methyl sites for hydroxylation is 1. The lowest BCUT2D eigenvalue weighted by Gasteiger charge is -2.32. The average molecular weight is 539 g/mol. The molecule has 1 aliphatic rings. The first-order chi connectivity index (χ1) is 18.8. The number of carboxylic acids is 1. The Bertz CT molecular complexity index is 1090. The third kappa shape index (κ3) is 7.97. The van der Waals surface area contributed by atoms with E-state index in [0.717, 1.165) is 31.2 Å². The molecule has 3 atom stereocenters. The van der Waals surface area contributed by atoms with Gasteiger partial charge < -0.3 is 24.8 Å². The number of benzene rings is 2. The lowest BCUT2D eigenvalue weighted by atomic mass is 10.00. The van der Waals surface area contributed by atoms with Crippen molar-refractivity contribution >= 4 is 17.8 Å². The predicted octanol–water partition coefficient (Wildman–Crippen LogP) is 6.04. The summed E-state index contributed by atoms with van der Waals surface area (Å²) in [4.78, 5) is 39.6. The number of ether oxygens (including phenoxy) is 2. The summed E-state index contributed by atoms with van der Waals surface area (Å²) >= 11 is 0. The first-order valence-electron chi connectivity index (χ1n) is 14.0. The Morgan fingerprint density at radius 1 is 1.03 bits per heavy atom. The lowest BCUT2D eigenvalue weighted by molar-refractivity contribution is -0.142. The van der Waals surface area contributed by atoms with Gasteiger partial charge in [0, 0.05) is 12.6 Å². The monoisotopic (exact) mass is 538 g/mol. The Balaban J connectivity index is 1.87. The van der Waals surface area contributed by atoms with Crippen LogP contribution in [-0.4, -0.2) is 53.6 Å². The summed E-state index contributed by atoms with van der Waals surface area (Å²) in [6.45, 7) is 8.38. The Hall–Kier alpha value is -3.55. The number of carbonyl (C=O) groups is 3. The third-order valence-electron chi connectivity index (χ3n) is 7.35. The van der Waals surface area contributed by atoms with Gasteiger partial charge >= 0.3 is 12.0 Å². The fourth-order valence-electron chi connectivity index (χ4n) is 5.31. The van der Waals surface area contributed by atoms with Crippen LogP contribution in [0.1, 0.15) is 87.3 Å². The van der Waals surface area contributed by atoms with Gasteiger partial charge in [0.2, 0.25) is 0 Å². The second-order valence-corrected chi connectivity index (χ2v) is 10.1. The molecule has 0 heterocycles. The van der Waals surface area contributed by atoms with Gasteiger partial charge in [0.25, 0.3) is 0 Å². The molecular weight excluding hydrogens is 496 g/mol. The van der Waals surface area contributed by atoms with Crippen molar-refractivity contribution in [2.75, 3.05) is 19.8 Å². The third-order valence-corrected chi connectivity index (χ3v) is 7.35. The van der Waals surface area contributed by atoms with Crippen LogP contribution in [0.3, 0.4) is 0 Å². The first kappa shape index (κ1) is 30.0. The Labute approximate surface area is 231 Å². The number of urea groups is 1. The van der Waals surface area contributed by atoms with Gasteiger partial charge in [-0.3, -0.25) is 9.59 Å². The molecule has 39 heavy (non-hydrogen) atoms. The molecule has 0 saturated heterocycles. The Morgan fingerprint density at radius 2 is 1.67 bits per heavy atom. The molecule has 0 radical (unpaired) electrons. The smallest absolute Gasteiger partial charge is 0.318 e. The summed E-state index contributed by atoms with van der Waals surface area (Å²) in [5.74, 6) is -0.735. The van der Waals surface area contributed by atoms with E-state index in [1.165, 1.54) is 12.5 Å². The zero-order chi connectivity index (χ0) is 28.4. The molecule has 1 fully saturated rings. The van der Waals surface area contributed by atoms with Gasteiger partial charge in [0.05, 0.1) is 25.2 Å². The maximum atomic E-state index is 13.6. The van der Waals surface area contributed by atoms with Crippen LogP contribution in [0, 0.1) is 5.92 Å². The van der Waals surface area contributed by atoms with Gasteiger partial charge in [-0.15, -0.1) is 0 Å². The molecule has 1 aliphatic carbocycles. The van der Waals surface area contributed by atoms with E-state index in [4.69, 9.17) is 9.47 Å². The zero-order valence-corrected chi connectivity index (χ0v) is 23.6. The number of carbonyl (C=O) groups excluding carboxylic acids is 2. The topological polar surface area (TPSA) is 105 Å². The molecule has 0 bridgehead atoms. The highest BCUT2D eigenvalue weighted by Gasteiger charge is 2.35. The zero-order valence-electron chi connectivity index (χ0n) is 23.6. The van der Waals surface area contributed by atoms with Crippen LogP contribution in [0.2, 0.25) is 0 Å². The van der Waals surface area contributed by atoms with Gasteiger partial charge in [-0.1, -0.05) is 36.8 Å². The van der Waals surface area contributed by atoms with Crippen LogP contribution in [0.15, 0.2) is 42.5 Å². The normalized spacial score (nSPS) is 17.3. The van der Waals surface area contributed by atoms with Gasteiger partial charge in [-0.05, 0) is 83.1 Å². The van der Waals surface area contributed by atoms with Gasteiger partial charge in [0.1, 0.15) is 17.1 Å². The summed E-state index contributed by atoms with van der Waals surface area (Å²) in [5, 5.41) is 12.6. The lowest BCUT2D eigenvalue weighted by Crippen LogP contribution is -2.48. The fraction of sp³-hybridized carbons (Fsp3) is 0.516. The number of Topliss-reactive ketones (excluding diaryl/α,β-unsaturated/α-hetero) is 1. The van der Waals surface area contributed by atoms with Crippen molar-refractivity contribution in [2.45, 2.75) is 78.3 Å². The average Bonchev–Trinajstić information content (AvgIpc) is 3.37. The molecule has 3 rings (SSSR count). The number of carboxylic acid groups (broad SMARTS) is 1. The number of hydrogen-bond donors (Lipinski definition) is 2. The Kier molecular flexibility index (Phi) is 11.2.